The average molecular weight is 202 g/mol. The fourth-order valence-corrected chi connectivity index (χ4v) is 1.38. The fourth-order valence-electron chi connectivity index (χ4n) is 1.38. The monoisotopic (exact) mass is 202 g/mol. The van der Waals surface area contributed by atoms with Gasteiger partial charge in [-0.2, -0.15) is 0 Å². The Labute approximate surface area is 86.5 Å². The first-order valence-electron chi connectivity index (χ1n) is 5.27. The summed E-state index contributed by atoms with van der Waals surface area (Å²) in [6.45, 7) is 4.34. The van der Waals surface area contributed by atoms with Crippen LogP contribution in [-0.4, -0.2) is 24.8 Å². The highest BCUT2D eigenvalue weighted by atomic mass is 16.5. The van der Waals surface area contributed by atoms with Crippen LogP contribution in [0, 0.1) is 11.8 Å². The highest BCUT2D eigenvalue weighted by molar-refractivity contribution is 5.69. The van der Waals surface area contributed by atoms with Crippen molar-refractivity contribution in [2.24, 2.45) is 11.8 Å². The lowest BCUT2D eigenvalue weighted by molar-refractivity contribution is -0.141. The van der Waals surface area contributed by atoms with Crippen molar-refractivity contribution < 1.29 is 14.6 Å². The molecule has 3 heteroatoms. The number of hydrogen-bond donors (Lipinski definition) is 1. The van der Waals surface area contributed by atoms with Gasteiger partial charge in [0.05, 0.1) is 7.11 Å². The van der Waals surface area contributed by atoms with E-state index in [1.165, 1.54) is 7.11 Å². The van der Waals surface area contributed by atoms with Crippen LogP contribution in [0.25, 0.3) is 0 Å². The van der Waals surface area contributed by atoms with Crippen molar-refractivity contribution in [2.75, 3.05) is 13.7 Å². The third-order valence-electron chi connectivity index (χ3n) is 2.45. The molecule has 1 N–H and O–H groups in total. The maximum atomic E-state index is 10.9. The molecule has 0 bridgehead atoms. The Hall–Kier alpha value is -0.570. The SMILES string of the molecule is COC(=O)C[C@H](C)CCC[C@@H](C)CO. The normalized spacial score (nSPS) is 14.9. The number of carbonyl (C=O) groups is 1. The van der Waals surface area contributed by atoms with E-state index in [9.17, 15) is 4.79 Å². The standard InChI is InChI=1S/C11H22O3/c1-9(7-11(13)14-3)5-4-6-10(2)8-12/h9-10,12H,4-8H2,1-3H3/t9-,10-/m1/s1. The number of aliphatic hydroxyl groups is 1. The maximum Gasteiger partial charge on any atom is 0.305 e. The van der Waals surface area contributed by atoms with E-state index >= 15 is 0 Å². The molecule has 0 spiro atoms. The smallest absolute Gasteiger partial charge is 0.305 e. The van der Waals surface area contributed by atoms with Crippen molar-refractivity contribution in [1.82, 2.24) is 0 Å². The number of carbonyl (C=O) groups excluding carboxylic acids is 1. The van der Waals surface area contributed by atoms with Gasteiger partial charge in [-0.25, -0.2) is 0 Å². The Morgan fingerprint density at radius 1 is 1.29 bits per heavy atom. The Bertz CT molecular complexity index is 157. The van der Waals surface area contributed by atoms with Gasteiger partial charge >= 0.3 is 5.97 Å². The number of hydrogen-bond acceptors (Lipinski definition) is 3. The summed E-state index contributed by atoms with van der Waals surface area (Å²) < 4.78 is 4.59. The number of rotatable bonds is 7. The van der Waals surface area contributed by atoms with Crippen LogP contribution in [0.3, 0.4) is 0 Å². The van der Waals surface area contributed by atoms with Crippen LogP contribution in [0.2, 0.25) is 0 Å². The molecular weight excluding hydrogens is 180 g/mol. The lowest BCUT2D eigenvalue weighted by atomic mass is 9.97. The summed E-state index contributed by atoms with van der Waals surface area (Å²) in [5.74, 6) is 0.626. The van der Waals surface area contributed by atoms with Crippen LogP contribution in [-0.2, 0) is 9.53 Å². The maximum absolute atomic E-state index is 10.9. The molecule has 0 heterocycles. The van der Waals surface area contributed by atoms with Gasteiger partial charge in [-0.05, 0) is 18.3 Å². The predicted molar refractivity (Wildman–Crippen MR) is 55.9 cm³/mol. The topological polar surface area (TPSA) is 46.5 Å². The molecule has 0 saturated heterocycles. The van der Waals surface area contributed by atoms with E-state index in [0.717, 1.165) is 19.3 Å². The Morgan fingerprint density at radius 3 is 2.36 bits per heavy atom. The summed E-state index contributed by atoms with van der Waals surface area (Å²) >= 11 is 0. The summed E-state index contributed by atoms with van der Waals surface area (Å²) in [5.41, 5.74) is 0. The van der Waals surface area contributed by atoms with E-state index in [4.69, 9.17) is 5.11 Å². The summed E-state index contributed by atoms with van der Waals surface area (Å²) in [5, 5.41) is 8.81. The Balaban J connectivity index is 3.44. The van der Waals surface area contributed by atoms with Crippen molar-refractivity contribution in [1.29, 1.82) is 0 Å². The number of methoxy groups -OCH3 is 1. The van der Waals surface area contributed by atoms with Crippen LogP contribution in [0.5, 0.6) is 0 Å². The zero-order valence-electron chi connectivity index (χ0n) is 9.45. The molecule has 3 nitrogen and oxygen atoms in total. The molecule has 84 valence electrons. The molecule has 14 heavy (non-hydrogen) atoms. The Morgan fingerprint density at radius 2 is 1.86 bits per heavy atom. The predicted octanol–water partition coefficient (Wildman–Crippen LogP) is 1.98. The lowest BCUT2D eigenvalue weighted by Gasteiger charge is -2.11. The minimum Gasteiger partial charge on any atom is -0.469 e. The third kappa shape index (κ3) is 6.89. The molecular formula is C11H22O3. The van der Waals surface area contributed by atoms with E-state index in [2.05, 4.69) is 11.7 Å². The van der Waals surface area contributed by atoms with E-state index in [1.807, 2.05) is 6.92 Å². The molecule has 2 atom stereocenters. The van der Waals surface area contributed by atoms with Crippen LogP contribution in [0.4, 0.5) is 0 Å². The van der Waals surface area contributed by atoms with Gasteiger partial charge in [-0.3, -0.25) is 4.79 Å². The minimum absolute atomic E-state index is 0.132. The molecule has 0 amide bonds. The van der Waals surface area contributed by atoms with E-state index in [-0.39, 0.29) is 12.6 Å². The third-order valence-corrected chi connectivity index (χ3v) is 2.45. The van der Waals surface area contributed by atoms with Gasteiger partial charge in [-0.1, -0.05) is 26.7 Å². The molecule has 0 aliphatic rings. The summed E-state index contributed by atoms with van der Waals surface area (Å²) in [4.78, 5) is 10.9. The Kier molecular flexibility index (Phi) is 7.48. The largest absolute Gasteiger partial charge is 0.469 e. The van der Waals surface area contributed by atoms with Crippen molar-refractivity contribution in [3.63, 3.8) is 0 Å². The summed E-state index contributed by atoms with van der Waals surface area (Å²) in [6, 6.07) is 0. The molecule has 0 aromatic carbocycles. The van der Waals surface area contributed by atoms with Gasteiger partial charge in [0.15, 0.2) is 0 Å². The van der Waals surface area contributed by atoms with Crippen molar-refractivity contribution in [3.8, 4) is 0 Å². The highest BCUT2D eigenvalue weighted by Gasteiger charge is 2.09. The fraction of sp³-hybridized carbons (Fsp3) is 0.909. The van der Waals surface area contributed by atoms with Crippen molar-refractivity contribution in [2.45, 2.75) is 39.5 Å². The first-order valence-corrected chi connectivity index (χ1v) is 5.27. The van der Waals surface area contributed by atoms with Gasteiger partial charge in [0, 0.05) is 13.0 Å². The molecule has 0 aliphatic carbocycles. The van der Waals surface area contributed by atoms with Crippen molar-refractivity contribution in [3.05, 3.63) is 0 Å². The molecule has 0 saturated carbocycles. The second-order valence-corrected chi connectivity index (χ2v) is 4.10. The molecule has 0 fully saturated rings. The van der Waals surface area contributed by atoms with Crippen LogP contribution < -0.4 is 0 Å². The minimum atomic E-state index is -0.132. The number of aliphatic hydroxyl groups excluding tert-OH is 1. The second-order valence-electron chi connectivity index (χ2n) is 4.10. The van der Waals surface area contributed by atoms with E-state index in [1.54, 1.807) is 0 Å². The van der Waals surface area contributed by atoms with Crippen LogP contribution in [0.1, 0.15) is 39.5 Å². The molecule has 0 aromatic rings. The van der Waals surface area contributed by atoms with E-state index < -0.39 is 0 Å². The summed E-state index contributed by atoms with van der Waals surface area (Å²) in [7, 11) is 1.42. The van der Waals surface area contributed by atoms with Crippen molar-refractivity contribution >= 4 is 5.97 Å². The highest BCUT2D eigenvalue weighted by Crippen LogP contribution is 2.15. The van der Waals surface area contributed by atoms with Gasteiger partial charge in [0.1, 0.15) is 0 Å². The zero-order valence-corrected chi connectivity index (χ0v) is 9.45. The second kappa shape index (κ2) is 7.80. The van der Waals surface area contributed by atoms with Gasteiger partial charge in [-0.15, -0.1) is 0 Å². The van der Waals surface area contributed by atoms with Crippen LogP contribution >= 0.6 is 0 Å². The van der Waals surface area contributed by atoms with Crippen LogP contribution in [0.15, 0.2) is 0 Å². The average Bonchev–Trinajstić information content (AvgIpc) is 2.17. The zero-order chi connectivity index (χ0) is 11.0. The quantitative estimate of drug-likeness (QED) is 0.642. The molecule has 0 aliphatic heterocycles. The molecule has 0 aromatic heterocycles. The number of esters is 1. The number of ether oxygens (including phenoxy) is 1. The first-order chi connectivity index (χ1) is 6.60. The van der Waals surface area contributed by atoms with Gasteiger partial charge in [0.2, 0.25) is 0 Å². The molecule has 0 rings (SSSR count). The first kappa shape index (κ1) is 13.4. The van der Waals surface area contributed by atoms with Gasteiger partial charge < -0.3 is 9.84 Å². The van der Waals surface area contributed by atoms with Gasteiger partial charge in [0.25, 0.3) is 0 Å². The molecule has 0 radical (unpaired) electrons. The molecule has 0 unspecified atom stereocenters. The van der Waals surface area contributed by atoms with E-state index in [0.29, 0.717) is 18.3 Å². The lowest BCUT2D eigenvalue weighted by Crippen LogP contribution is -2.08. The summed E-state index contributed by atoms with van der Waals surface area (Å²) in [6.07, 6.45) is 3.63.